The lowest BCUT2D eigenvalue weighted by Crippen LogP contribution is -2.14. The van der Waals surface area contributed by atoms with Gasteiger partial charge in [-0.3, -0.25) is 0 Å². The van der Waals surface area contributed by atoms with E-state index < -0.39 is 0 Å². The SMILES string of the molecule is OC[C@H](Br)CC1CCCCC1. The Kier molecular flexibility index (Phi) is 4.46. The van der Waals surface area contributed by atoms with Gasteiger partial charge in [-0.05, 0) is 12.3 Å². The molecule has 11 heavy (non-hydrogen) atoms. The van der Waals surface area contributed by atoms with Gasteiger partial charge in [0.05, 0.1) is 6.61 Å². The molecule has 0 aromatic heterocycles. The Morgan fingerprint density at radius 2 is 1.91 bits per heavy atom. The Bertz CT molecular complexity index is 99.7. The number of halogens is 1. The van der Waals surface area contributed by atoms with Crippen molar-refractivity contribution in [2.75, 3.05) is 6.61 Å². The third-order valence-electron chi connectivity index (χ3n) is 2.51. The van der Waals surface area contributed by atoms with E-state index in [9.17, 15) is 0 Å². The molecular weight excluding hydrogens is 204 g/mol. The number of rotatable bonds is 3. The van der Waals surface area contributed by atoms with Gasteiger partial charge in [-0.1, -0.05) is 48.0 Å². The van der Waals surface area contributed by atoms with E-state index in [0.717, 1.165) is 12.3 Å². The van der Waals surface area contributed by atoms with Crippen LogP contribution in [0.3, 0.4) is 0 Å². The van der Waals surface area contributed by atoms with E-state index in [0.29, 0.717) is 4.83 Å². The minimum atomic E-state index is 0.288. The summed E-state index contributed by atoms with van der Waals surface area (Å²) in [5, 5.41) is 8.82. The van der Waals surface area contributed by atoms with Crippen molar-refractivity contribution in [1.29, 1.82) is 0 Å². The number of aliphatic hydroxyl groups excluding tert-OH is 1. The monoisotopic (exact) mass is 220 g/mol. The van der Waals surface area contributed by atoms with Crippen LogP contribution in [0.2, 0.25) is 0 Å². The Balaban J connectivity index is 2.13. The van der Waals surface area contributed by atoms with Gasteiger partial charge >= 0.3 is 0 Å². The molecule has 0 bridgehead atoms. The lowest BCUT2D eigenvalue weighted by molar-refractivity contribution is 0.262. The minimum absolute atomic E-state index is 0.288. The average molecular weight is 221 g/mol. The maximum absolute atomic E-state index is 8.82. The Hall–Kier alpha value is 0.440. The summed E-state index contributed by atoms with van der Waals surface area (Å²) < 4.78 is 0. The van der Waals surface area contributed by atoms with E-state index in [4.69, 9.17) is 5.11 Å². The van der Waals surface area contributed by atoms with Crippen LogP contribution in [0.1, 0.15) is 38.5 Å². The highest BCUT2D eigenvalue weighted by Crippen LogP contribution is 2.28. The van der Waals surface area contributed by atoms with Crippen LogP contribution in [0.4, 0.5) is 0 Å². The van der Waals surface area contributed by atoms with Crippen molar-refractivity contribution >= 4 is 15.9 Å². The molecule has 1 rings (SSSR count). The van der Waals surface area contributed by atoms with Crippen molar-refractivity contribution in [2.24, 2.45) is 5.92 Å². The van der Waals surface area contributed by atoms with Gasteiger partial charge in [0.1, 0.15) is 0 Å². The fourth-order valence-corrected chi connectivity index (χ4v) is 2.39. The van der Waals surface area contributed by atoms with Crippen LogP contribution in [-0.4, -0.2) is 16.5 Å². The molecule has 1 aliphatic carbocycles. The molecule has 0 aromatic carbocycles. The van der Waals surface area contributed by atoms with Gasteiger partial charge in [0.2, 0.25) is 0 Å². The molecule has 1 fully saturated rings. The summed E-state index contributed by atoms with van der Waals surface area (Å²) in [7, 11) is 0. The standard InChI is InChI=1S/C9H17BrO/c10-9(7-11)6-8-4-2-1-3-5-8/h8-9,11H,1-7H2/t9-/m1/s1. The highest BCUT2D eigenvalue weighted by atomic mass is 79.9. The van der Waals surface area contributed by atoms with E-state index in [1.165, 1.54) is 32.1 Å². The van der Waals surface area contributed by atoms with Gasteiger partial charge < -0.3 is 5.11 Å². The maximum atomic E-state index is 8.82. The van der Waals surface area contributed by atoms with Gasteiger partial charge in [-0.2, -0.15) is 0 Å². The average Bonchev–Trinajstić information content (AvgIpc) is 2.06. The molecule has 2 heteroatoms. The summed E-state index contributed by atoms with van der Waals surface area (Å²) >= 11 is 3.46. The number of alkyl halides is 1. The molecule has 1 atom stereocenters. The molecule has 66 valence electrons. The molecule has 0 amide bonds. The summed E-state index contributed by atoms with van der Waals surface area (Å²) in [5.74, 6) is 0.875. The molecule has 0 spiro atoms. The van der Waals surface area contributed by atoms with E-state index in [1.54, 1.807) is 0 Å². The minimum Gasteiger partial charge on any atom is -0.395 e. The molecule has 0 unspecified atom stereocenters. The van der Waals surface area contributed by atoms with E-state index in [2.05, 4.69) is 15.9 Å². The fourth-order valence-electron chi connectivity index (χ4n) is 1.86. The Morgan fingerprint density at radius 3 is 2.45 bits per heavy atom. The van der Waals surface area contributed by atoms with Crippen molar-refractivity contribution in [3.63, 3.8) is 0 Å². The Labute approximate surface area is 77.3 Å². The van der Waals surface area contributed by atoms with Crippen LogP contribution in [0.5, 0.6) is 0 Å². The second-order valence-electron chi connectivity index (χ2n) is 3.52. The zero-order valence-electron chi connectivity index (χ0n) is 6.93. The molecule has 0 saturated heterocycles. The zero-order valence-corrected chi connectivity index (χ0v) is 8.52. The molecule has 0 aliphatic heterocycles. The topological polar surface area (TPSA) is 20.2 Å². The molecule has 1 aliphatic rings. The summed E-state index contributed by atoms with van der Waals surface area (Å²) in [6.45, 7) is 0.288. The summed E-state index contributed by atoms with van der Waals surface area (Å²) in [6.07, 6.45) is 8.13. The summed E-state index contributed by atoms with van der Waals surface area (Å²) in [4.78, 5) is 0.339. The highest BCUT2D eigenvalue weighted by molar-refractivity contribution is 9.09. The van der Waals surface area contributed by atoms with Crippen LogP contribution >= 0.6 is 15.9 Å². The lowest BCUT2D eigenvalue weighted by Gasteiger charge is -2.22. The Morgan fingerprint density at radius 1 is 1.27 bits per heavy atom. The molecule has 0 heterocycles. The molecule has 0 radical (unpaired) electrons. The van der Waals surface area contributed by atoms with Gasteiger partial charge in [-0.15, -0.1) is 0 Å². The third-order valence-corrected chi connectivity index (χ3v) is 3.18. The van der Waals surface area contributed by atoms with Crippen LogP contribution in [0, 0.1) is 5.92 Å². The largest absolute Gasteiger partial charge is 0.395 e. The lowest BCUT2D eigenvalue weighted by atomic mass is 9.86. The fraction of sp³-hybridized carbons (Fsp3) is 1.00. The van der Waals surface area contributed by atoms with E-state index in [-0.39, 0.29) is 6.61 Å². The second-order valence-corrected chi connectivity index (χ2v) is 4.81. The smallest absolute Gasteiger partial charge is 0.0556 e. The predicted octanol–water partition coefficient (Wildman–Crippen LogP) is 2.71. The van der Waals surface area contributed by atoms with Crippen LogP contribution in [0.25, 0.3) is 0 Å². The molecule has 1 saturated carbocycles. The molecule has 1 N–H and O–H groups in total. The van der Waals surface area contributed by atoms with Gasteiger partial charge in [0.15, 0.2) is 0 Å². The maximum Gasteiger partial charge on any atom is 0.0556 e. The predicted molar refractivity (Wildman–Crippen MR) is 51.0 cm³/mol. The first-order chi connectivity index (χ1) is 5.33. The van der Waals surface area contributed by atoms with Gasteiger partial charge in [0, 0.05) is 4.83 Å². The quantitative estimate of drug-likeness (QED) is 0.726. The van der Waals surface area contributed by atoms with Crippen molar-refractivity contribution in [3.8, 4) is 0 Å². The van der Waals surface area contributed by atoms with Crippen LogP contribution < -0.4 is 0 Å². The van der Waals surface area contributed by atoms with Gasteiger partial charge in [0.25, 0.3) is 0 Å². The first-order valence-electron chi connectivity index (χ1n) is 4.58. The van der Waals surface area contributed by atoms with E-state index in [1.807, 2.05) is 0 Å². The van der Waals surface area contributed by atoms with E-state index >= 15 is 0 Å². The first-order valence-corrected chi connectivity index (χ1v) is 5.49. The normalized spacial score (nSPS) is 23.5. The molecular formula is C9H17BrO. The zero-order chi connectivity index (χ0) is 8.10. The molecule has 1 nitrogen and oxygen atoms in total. The summed E-state index contributed by atoms with van der Waals surface area (Å²) in [6, 6.07) is 0. The second kappa shape index (κ2) is 5.15. The van der Waals surface area contributed by atoms with Crippen LogP contribution in [-0.2, 0) is 0 Å². The third kappa shape index (κ3) is 3.57. The van der Waals surface area contributed by atoms with Crippen molar-refractivity contribution in [3.05, 3.63) is 0 Å². The number of aliphatic hydroxyl groups is 1. The summed E-state index contributed by atoms with van der Waals surface area (Å²) in [5.41, 5.74) is 0. The van der Waals surface area contributed by atoms with Crippen molar-refractivity contribution in [2.45, 2.75) is 43.4 Å². The number of hydrogen-bond donors (Lipinski definition) is 1. The number of hydrogen-bond acceptors (Lipinski definition) is 1. The first kappa shape index (κ1) is 9.53. The van der Waals surface area contributed by atoms with Crippen molar-refractivity contribution in [1.82, 2.24) is 0 Å². The molecule has 0 aromatic rings. The van der Waals surface area contributed by atoms with Crippen LogP contribution in [0.15, 0.2) is 0 Å². The van der Waals surface area contributed by atoms with Crippen molar-refractivity contribution < 1.29 is 5.11 Å². The van der Waals surface area contributed by atoms with Gasteiger partial charge in [-0.25, -0.2) is 0 Å². The highest BCUT2D eigenvalue weighted by Gasteiger charge is 2.16.